The second-order valence-electron chi connectivity index (χ2n) is 7.02. The fourth-order valence-electron chi connectivity index (χ4n) is 3.39. The van der Waals surface area contributed by atoms with E-state index in [2.05, 4.69) is 30.8 Å². The molecule has 1 aromatic carbocycles. The van der Waals surface area contributed by atoms with Crippen LogP contribution in [0.3, 0.4) is 0 Å². The zero-order valence-corrected chi connectivity index (χ0v) is 17.7. The van der Waals surface area contributed by atoms with Gasteiger partial charge in [-0.1, -0.05) is 19.1 Å². The van der Waals surface area contributed by atoms with Crippen molar-refractivity contribution in [3.63, 3.8) is 0 Å². The van der Waals surface area contributed by atoms with Gasteiger partial charge in [0, 0.05) is 29.9 Å². The lowest BCUT2D eigenvalue weighted by Crippen LogP contribution is -2.24. The smallest absolute Gasteiger partial charge is 0.240 e. The molecule has 4 rings (SSSR count). The topological polar surface area (TPSA) is 129 Å². The average Bonchev–Trinajstić information content (AvgIpc) is 3.46. The SMILES string of the molecule is CCCNS(=O)(=O)c1cccc(C(CC#N)n2cc(-c3ncnc4[nH]ccc34)cn2)c1. The van der Waals surface area contributed by atoms with Crippen LogP contribution in [-0.4, -0.2) is 39.7 Å². The summed E-state index contributed by atoms with van der Waals surface area (Å²) < 4.78 is 29.3. The lowest BCUT2D eigenvalue weighted by atomic mass is 10.0. The molecule has 0 aliphatic carbocycles. The quantitative estimate of drug-likeness (QED) is 0.438. The Kier molecular flexibility index (Phi) is 5.79. The molecule has 0 radical (unpaired) electrons. The number of nitrogens with zero attached hydrogens (tertiary/aromatic N) is 5. The first-order valence-corrected chi connectivity index (χ1v) is 11.3. The number of rotatable bonds is 8. The van der Waals surface area contributed by atoms with Gasteiger partial charge in [-0.2, -0.15) is 10.4 Å². The summed E-state index contributed by atoms with van der Waals surface area (Å²) in [4.78, 5) is 11.8. The first kappa shape index (κ1) is 20.7. The van der Waals surface area contributed by atoms with Crippen LogP contribution in [0.1, 0.15) is 31.4 Å². The Morgan fingerprint density at radius 3 is 2.97 bits per heavy atom. The number of fused-ring (bicyclic) bond motifs is 1. The van der Waals surface area contributed by atoms with Crippen LogP contribution in [-0.2, 0) is 10.0 Å². The van der Waals surface area contributed by atoms with Gasteiger partial charge in [0.05, 0.1) is 35.3 Å². The number of nitriles is 1. The predicted octanol–water partition coefficient (Wildman–Crippen LogP) is 3.01. The fraction of sp³-hybridized carbons (Fsp3) is 0.238. The average molecular weight is 436 g/mol. The Morgan fingerprint density at radius 2 is 2.16 bits per heavy atom. The van der Waals surface area contributed by atoms with Crippen molar-refractivity contribution in [2.24, 2.45) is 0 Å². The van der Waals surface area contributed by atoms with Crippen molar-refractivity contribution in [1.29, 1.82) is 5.26 Å². The molecule has 4 aromatic rings. The van der Waals surface area contributed by atoms with Crippen molar-refractivity contribution in [2.45, 2.75) is 30.7 Å². The van der Waals surface area contributed by atoms with E-state index >= 15 is 0 Å². The lowest BCUT2D eigenvalue weighted by molar-refractivity contribution is 0.531. The first-order chi connectivity index (χ1) is 15.0. The van der Waals surface area contributed by atoms with Crippen LogP contribution in [0, 0.1) is 11.3 Å². The maximum absolute atomic E-state index is 12.5. The van der Waals surface area contributed by atoms with Gasteiger partial charge in [-0.3, -0.25) is 4.68 Å². The number of benzene rings is 1. The highest BCUT2D eigenvalue weighted by Gasteiger charge is 2.20. The van der Waals surface area contributed by atoms with Crippen LogP contribution in [0.5, 0.6) is 0 Å². The molecule has 0 bridgehead atoms. The van der Waals surface area contributed by atoms with Gasteiger partial charge in [0.1, 0.15) is 12.0 Å². The molecule has 31 heavy (non-hydrogen) atoms. The summed E-state index contributed by atoms with van der Waals surface area (Å²) in [6.07, 6.45) is 7.61. The van der Waals surface area contributed by atoms with Gasteiger partial charge in [-0.25, -0.2) is 23.1 Å². The maximum Gasteiger partial charge on any atom is 0.240 e. The largest absolute Gasteiger partial charge is 0.346 e. The van der Waals surface area contributed by atoms with Crippen LogP contribution in [0.15, 0.2) is 60.1 Å². The molecule has 158 valence electrons. The molecular formula is C21H21N7O2S. The normalized spacial score (nSPS) is 12.6. The number of nitrogens with one attached hydrogen (secondary N) is 2. The molecule has 0 saturated carbocycles. The molecule has 0 aliphatic heterocycles. The van der Waals surface area contributed by atoms with E-state index in [9.17, 15) is 13.7 Å². The van der Waals surface area contributed by atoms with Gasteiger partial charge in [0.2, 0.25) is 10.0 Å². The molecule has 1 atom stereocenters. The van der Waals surface area contributed by atoms with E-state index in [0.717, 1.165) is 22.3 Å². The summed E-state index contributed by atoms with van der Waals surface area (Å²) >= 11 is 0. The van der Waals surface area contributed by atoms with E-state index < -0.39 is 16.1 Å². The second-order valence-corrected chi connectivity index (χ2v) is 8.79. The van der Waals surface area contributed by atoms with E-state index in [4.69, 9.17) is 0 Å². The fourth-order valence-corrected chi connectivity index (χ4v) is 4.58. The van der Waals surface area contributed by atoms with Crippen molar-refractivity contribution in [3.05, 3.63) is 60.8 Å². The van der Waals surface area contributed by atoms with Crippen LogP contribution >= 0.6 is 0 Å². The number of aromatic nitrogens is 5. The zero-order valence-electron chi connectivity index (χ0n) is 16.9. The second kappa shape index (κ2) is 8.67. The molecule has 0 aliphatic rings. The highest BCUT2D eigenvalue weighted by Crippen LogP contribution is 2.28. The Bertz CT molecular complexity index is 1350. The number of hydrogen-bond acceptors (Lipinski definition) is 6. The summed E-state index contributed by atoms with van der Waals surface area (Å²) in [6.45, 7) is 2.26. The van der Waals surface area contributed by atoms with Gasteiger partial charge in [0.25, 0.3) is 0 Å². The monoisotopic (exact) mass is 435 g/mol. The maximum atomic E-state index is 12.5. The van der Waals surface area contributed by atoms with Crippen LogP contribution < -0.4 is 4.72 Å². The van der Waals surface area contributed by atoms with Crippen molar-refractivity contribution in [3.8, 4) is 17.3 Å². The van der Waals surface area contributed by atoms with Crippen LogP contribution in [0.25, 0.3) is 22.3 Å². The summed E-state index contributed by atoms with van der Waals surface area (Å²) in [5, 5.41) is 14.7. The van der Waals surface area contributed by atoms with Gasteiger partial charge in [0.15, 0.2) is 0 Å². The molecule has 0 fully saturated rings. The van der Waals surface area contributed by atoms with E-state index in [-0.39, 0.29) is 11.3 Å². The highest BCUT2D eigenvalue weighted by atomic mass is 32.2. The molecule has 2 N–H and O–H groups in total. The minimum Gasteiger partial charge on any atom is -0.346 e. The molecule has 0 saturated heterocycles. The third-order valence-electron chi connectivity index (χ3n) is 4.93. The summed E-state index contributed by atoms with van der Waals surface area (Å²) in [5.74, 6) is 0. The summed E-state index contributed by atoms with van der Waals surface area (Å²) in [6, 6.07) is 10.2. The minimum absolute atomic E-state index is 0.135. The highest BCUT2D eigenvalue weighted by molar-refractivity contribution is 7.89. The molecular weight excluding hydrogens is 414 g/mol. The zero-order chi connectivity index (χ0) is 21.8. The van der Waals surface area contributed by atoms with Gasteiger partial charge in [-0.05, 0) is 30.2 Å². The molecule has 0 amide bonds. The van der Waals surface area contributed by atoms with Crippen molar-refractivity contribution >= 4 is 21.1 Å². The molecule has 3 heterocycles. The summed E-state index contributed by atoms with van der Waals surface area (Å²) in [7, 11) is -3.61. The molecule has 9 nitrogen and oxygen atoms in total. The first-order valence-electron chi connectivity index (χ1n) is 9.82. The number of sulfonamides is 1. The van der Waals surface area contributed by atoms with E-state index in [1.807, 2.05) is 19.2 Å². The predicted molar refractivity (Wildman–Crippen MR) is 115 cm³/mol. The van der Waals surface area contributed by atoms with Gasteiger partial charge >= 0.3 is 0 Å². The third-order valence-corrected chi connectivity index (χ3v) is 6.39. The Morgan fingerprint density at radius 1 is 1.29 bits per heavy atom. The van der Waals surface area contributed by atoms with E-state index in [0.29, 0.717) is 18.5 Å². The Hall–Kier alpha value is -3.55. The molecule has 0 spiro atoms. The Labute approximate surface area is 179 Å². The van der Waals surface area contributed by atoms with Gasteiger partial charge < -0.3 is 4.98 Å². The van der Waals surface area contributed by atoms with Crippen LogP contribution in [0.4, 0.5) is 0 Å². The van der Waals surface area contributed by atoms with Crippen molar-refractivity contribution in [1.82, 2.24) is 29.5 Å². The van der Waals surface area contributed by atoms with Crippen LogP contribution in [0.2, 0.25) is 0 Å². The van der Waals surface area contributed by atoms with Gasteiger partial charge in [-0.15, -0.1) is 0 Å². The number of aromatic amines is 1. The Balaban J connectivity index is 1.71. The lowest BCUT2D eigenvalue weighted by Gasteiger charge is -2.16. The summed E-state index contributed by atoms with van der Waals surface area (Å²) in [5.41, 5.74) is 2.92. The number of H-pyrrole nitrogens is 1. The molecule has 3 aromatic heterocycles. The van der Waals surface area contributed by atoms with E-state index in [1.54, 1.807) is 41.3 Å². The minimum atomic E-state index is -3.61. The van der Waals surface area contributed by atoms with Crippen molar-refractivity contribution < 1.29 is 8.42 Å². The molecule has 10 heteroatoms. The van der Waals surface area contributed by atoms with E-state index in [1.165, 1.54) is 6.33 Å². The number of hydrogen-bond donors (Lipinski definition) is 2. The van der Waals surface area contributed by atoms with Crippen molar-refractivity contribution in [2.75, 3.05) is 6.54 Å². The standard InChI is InChI=1S/C21H21N7O2S/c1-2-9-27-31(29,30)17-5-3-4-15(11-17)19(6-8-22)28-13-16(12-26-28)20-18-7-10-23-21(18)25-14-24-20/h3-5,7,10-14,19,27H,2,6,9H2,1H3,(H,23,24,25). The third kappa shape index (κ3) is 4.19. The molecule has 1 unspecified atom stereocenters.